The van der Waals surface area contributed by atoms with E-state index in [2.05, 4.69) is 48.3 Å². The molecule has 0 bridgehead atoms. The van der Waals surface area contributed by atoms with Crippen molar-refractivity contribution in [2.45, 2.75) is 32.7 Å². The van der Waals surface area contributed by atoms with Crippen molar-refractivity contribution >= 4 is 16.7 Å². The molecule has 106 valence electrons. The molecule has 1 aromatic heterocycles. The Labute approximate surface area is 121 Å². The number of fused-ring (bicyclic) bond motifs is 1. The van der Waals surface area contributed by atoms with Gasteiger partial charge >= 0.3 is 0 Å². The van der Waals surface area contributed by atoms with Crippen molar-refractivity contribution in [1.82, 2.24) is 9.88 Å². The molecule has 2 heterocycles. The van der Waals surface area contributed by atoms with Gasteiger partial charge < -0.3 is 10.2 Å². The zero-order valence-electron chi connectivity index (χ0n) is 12.4. The highest BCUT2D eigenvalue weighted by Crippen LogP contribution is 2.20. The van der Waals surface area contributed by atoms with E-state index in [-0.39, 0.29) is 0 Å². The van der Waals surface area contributed by atoms with Crippen LogP contribution in [0.25, 0.3) is 10.9 Å². The van der Waals surface area contributed by atoms with Crippen molar-refractivity contribution in [3.63, 3.8) is 0 Å². The van der Waals surface area contributed by atoms with Crippen LogP contribution < -0.4 is 5.32 Å². The molecule has 1 aromatic carbocycles. The zero-order valence-corrected chi connectivity index (χ0v) is 12.4. The van der Waals surface area contributed by atoms with E-state index in [1.54, 1.807) is 0 Å². The van der Waals surface area contributed by atoms with Crippen molar-refractivity contribution in [2.75, 3.05) is 25.0 Å². The summed E-state index contributed by atoms with van der Waals surface area (Å²) < 4.78 is 0. The van der Waals surface area contributed by atoms with Crippen molar-refractivity contribution in [3.05, 3.63) is 35.9 Å². The number of nitrogens with one attached hydrogen (secondary N) is 1. The van der Waals surface area contributed by atoms with E-state index in [1.165, 1.54) is 36.9 Å². The first-order valence-electron chi connectivity index (χ1n) is 7.57. The first kappa shape index (κ1) is 13.4. The predicted octanol–water partition coefficient (Wildman–Crippen LogP) is 3.44. The molecule has 0 spiro atoms. The average Bonchev–Trinajstić information content (AvgIpc) is 2.92. The van der Waals surface area contributed by atoms with E-state index in [1.807, 2.05) is 6.07 Å². The van der Waals surface area contributed by atoms with Crippen LogP contribution >= 0.6 is 0 Å². The third-order valence-corrected chi connectivity index (χ3v) is 4.03. The number of rotatable bonds is 4. The molecule has 20 heavy (non-hydrogen) atoms. The molecule has 3 rings (SSSR count). The molecule has 3 heteroatoms. The highest BCUT2D eigenvalue weighted by atomic mass is 15.2. The third-order valence-electron chi connectivity index (χ3n) is 4.03. The summed E-state index contributed by atoms with van der Waals surface area (Å²) in [4.78, 5) is 7.30. The number of anilines is 1. The Hall–Kier alpha value is -1.61. The molecule has 1 atom stereocenters. The van der Waals surface area contributed by atoms with Crippen LogP contribution in [-0.4, -0.2) is 35.6 Å². The van der Waals surface area contributed by atoms with E-state index < -0.39 is 0 Å². The maximum absolute atomic E-state index is 4.76. The first-order valence-corrected chi connectivity index (χ1v) is 7.57. The summed E-state index contributed by atoms with van der Waals surface area (Å²) in [6.07, 6.45) is 2.69. The van der Waals surface area contributed by atoms with Crippen LogP contribution in [0.1, 0.15) is 25.3 Å². The highest BCUT2D eigenvalue weighted by molar-refractivity contribution is 5.81. The Morgan fingerprint density at radius 3 is 2.80 bits per heavy atom. The molecule has 1 fully saturated rings. The predicted molar refractivity (Wildman–Crippen MR) is 85.2 cm³/mol. The van der Waals surface area contributed by atoms with E-state index in [0.717, 1.165) is 17.9 Å². The topological polar surface area (TPSA) is 28.2 Å². The van der Waals surface area contributed by atoms with Crippen molar-refractivity contribution in [2.24, 2.45) is 0 Å². The van der Waals surface area contributed by atoms with Gasteiger partial charge in [0.1, 0.15) is 5.82 Å². The van der Waals surface area contributed by atoms with E-state index in [0.29, 0.717) is 6.04 Å². The molecule has 1 aliphatic heterocycles. The Balaban J connectivity index is 1.74. The zero-order chi connectivity index (χ0) is 13.9. The second kappa shape index (κ2) is 5.80. The lowest BCUT2D eigenvalue weighted by atomic mass is 10.1. The van der Waals surface area contributed by atoms with Gasteiger partial charge in [0.25, 0.3) is 0 Å². The molecular formula is C17H23N3. The maximum Gasteiger partial charge on any atom is 0.129 e. The number of aryl methyl sites for hydroxylation is 1. The average molecular weight is 269 g/mol. The third kappa shape index (κ3) is 2.93. The first-order chi connectivity index (χ1) is 9.72. The quantitative estimate of drug-likeness (QED) is 0.921. The van der Waals surface area contributed by atoms with Crippen LogP contribution in [0.4, 0.5) is 5.82 Å². The van der Waals surface area contributed by atoms with Gasteiger partial charge in [-0.3, -0.25) is 0 Å². The minimum Gasteiger partial charge on any atom is -0.366 e. The molecule has 0 radical (unpaired) electrons. The number of benzene rings is 1. The largest absolute Gasteiger partial charge is 0.366 e. The fourth-order valence-corrected chi connectivity index (χ4v) is 3.00. The second-order valence-electron chi connectivity index (χ2n) is 5.90. The van der Waals surface area contributed by atoms with Gasteiger partial charge in [0, 0.05) is 18.0 Å². The molecule has 1 unspecified atom stereocenters. The monoisotopic (exact) mass is 269 g/mol. The van der Waals surface area contributed by atoms with Gasteiger partial charge in [-0.25, -0.2) is 4.98 Å². The SMILES string of the molecule is Cc1cc2ccccc2nc1NC(C)CN1CCCC1. The Morgan fingerprint density at radius 1 is 1.25 bits per heavy atom. The molecule has 0 amide bonds. The number of likely N-dealkylation sites (tertiary alicyclic amines) is 1. The van der Waals surface area contributed by atoms with Crippen LogP contribution in [0.15, 0.2) is 30.3 Å². The number of pyridine rings is 1. The molecule has 1 N–H and O–H groups in total. The number of hydrogen-bond acceptors (Lipinski definition) is 3. The molecule has 2 aromatic rings. The van der Waals surface area contributed by atoms with Gasteiger partial charge in [-0.2, -0.15) is 0 Å². The van der Waals surface area contributed by atoms with Crippen LogP contribution in [0.2, 0.25) is 0 Å². The standard InChI is InChI=1S/C17H23N3/c1-13-11-15-7-3-4-8-16(15)19-17(13)18-14(2)12-20-9-5-6-10-20/h3-4,7-8,11,14H,5-6,9-10,12H2,1-2H3,(H,18,19). The molecular weight excluding hydrogens is 246 g/mol. The lowest BCUT2D eigenvalue weighted by Gasteiger charge is -2.22. The fraction of sp³-hybridized carbons (Fsp3) is 0.471. The van der Waals surface area contributed by atoms with E-state index in [9.17, 15) is 0 Å². The van der Waals surface area contributed by atoms with Crippen molar-refractivity contribution in [3.8, 4) is 0 Å². The summed E-state index contributed by atoms with van der Waals surface area (Å²) in [7, 11) is 0. The lowest BCUT2D eigenvalue weighted by molar-refractivity contribution is 0.327. The number of aromatic nitrogens is 1. The highest BCUT2D eigenvalue weighted by Gasteiger charge is 2.15. The van der Waals surface area contributed by atoms with Gasteiger partial charge in [0.15, 0.2) is 0 Å². The van der Waals surface area contributed by atoms with Gasteiger partial charge in [-0.1, -0.05) is 18.2 Å². The summed E-state index contributed by atoms with van der Waals surface area (Å²) in [6.45, 7) is 7.97. The molecule has 1 aliphatic rings. The fourth-order valence-electron chi connectivity index (χ4n) is 3.00. The van der Waals surface area contributed by atoms with Crippen molar-refractivity contribution < 1.29 is 0 Å². The lowest BCUT2D eigenvalue weighted by Crippen LogP contribution is -2.33. The number of hydrogen-bond donors (Lipinski definition) is 1. The van der Waals surface area contributed by atoms with Crippen LogP contribution in [0.3, 0.4) is 0 Å². The minimum absolute atomic E-state index is 0.431. The van der Waals surface area contributed by atoms with Gasteiger partial charge in [0.05, 0.1) is 5.52 Å². The van der Waals surface area contributed by atoms with Crippen LogP contribution in [0.5, 0.6) is 0 Å². The maximum atomic E-state index is 4.76. The summed E-state index contributed by atoms with van der Waals surface area (Å²) in [5, 5.41) is 4.79. The van der Waals surface area contributed by atoms with Gasteiger partial charge in [-0.15, -0.1) is 0 Å². The van der Waals surface area contributed by atoms with Crippen LogP contribution in [-0.2, 0) is 0 Å². The number of para-hydroxylation sites is 1. The molecule has 1 saturated heterocycles. The summed E-state index contributed by atoms with van der Waals surface area (Å²) in [5.74, 6) is 1.02. The molecule has 0 saturated carbocycles. The second-order valence-corrected chi connectivity index (χ2v) is 5.90. The summed E-state index contributed by atoms with van der Waals surface area (Å²) >= 11 is 0. The Kier molecular flexibility index (Phi) is 3.88. The van der Waals surface area contributed by atoms with Gasteiger partial charge in [-0.05, 0) is 57.5 Å². The normalized spacial score (nSPS) is 17.5. The Morgan fingerprint density at radius 2 is 2.00 bits per heavy atom. The van der Waals surface area contributed by atoms with Gasteiger partial charge in [0.2, 0.25) is 0 Å². The van der Waals surface area contributed by atoms with E-state index in [4.69, 9.17) is 4.98 Å². The van der Waals surface area contributed by atoms with Crippen LogP contribution in [0, 0.1) is 6.92 Å². The molecule has 0 aliphatic carbocycles. The minimum atomic E-state index is 0.431. The molecule has 3 nitrogen and oxygen atoms in total. The number of nitrogens with zero attached hydrogens (tertiary/aromatic N) is 2. The Bertz CT molecular complexity index is 588. The van der Waals surface area contributed by atoms with Crippen molar-refractivity contribution in [1.29, 1.82) is 0 Å². The summed E-state index contributed by atoms with van der Waals surface area (Å²) in [6, 6.07) is 10.9. The summed E-state index contributed by atoms with van der Waals surface area (Å²) in [5.41, 5.74) is 2.28. The smallest absolute Gasteiger partial charge is 0.129 e. The van der Waals surface area contributed by atoms with E-state index >= 15 is 0 Å².